The van der Waals surface area contributed by atoms with Gasteiger partial charge in [0, 0.05) is 11.6 Å². The van der Waals surface area contributed by atoms with Gasteiger partial charge in [0.1, 0.15) is 0 Å². The average Bonchev–Trinajstić information content (AvgIpc) is 2.64. The molecule has 1 heterocycles. The smallest absolute Gasteiger partial charge is 0.333 e. The van der Waals surface area contributed by atoms with Crippen molar-refractivity contribution in [2.75, 3.05) is 0 Å². The molecule has 1 aromatic heterocycles. The van der Waals surface area contributed by atoms with Crippen molar-refractivity contribution in [1.82, 2.24) is 9.78 Å². The number of aliphatic carboxylic acids is 1. The van der Waals surface area contributed by atoms with Gasteiger partial charge < -0.3 is 10.2 Å². The van der Waals surface area contributed by atoms with E-state index in [9.17, 15) is 9.90 Å². The molecule has 0 saturated heterocycles. The van der Waals surface area contributed by atoms with E-state index in [1.807, 2.05) is 20.8 Å². The minimum Gasteiger partial charge on any atom is -0.479 e. The van der Waals surface area contributed by atoms with Crippen LogP contribution >= 0.6 is 0 Å². The zero-order valence-electron chi connectivity index (χ0n) is 10.9. The van der Waals surface area contributed by atoms with Gasteiger partial charge in [0.05, 0.1) is 11.7 Å². The van der Waals surface area contributed by atoms with Gasteiger partial charge in [0.25, 0.3) is 0 Å². The van der Waals surface area contributed by atoms with Crippen molar-refractivity contribution in [3.8, 4) is 0 Å². The topological polar surface area (TPSA) is 75.3 Å². The van der Waals surface area contributed by atoms with E-state index < -0.39 is 17.5 Å². The van der Waals surface area contributed by atoms with Crippen LogP contribution in [0.15, 0.2) is 12.4 Å². The molecule has 1 rings (SSSR count). The number of rotatable bonds is 3. The summed E-state index contributed by atoms with van der Waals surface area (Å²) in [5.74, 6) is -1.22. The van der Waals surface area contributed by atoms with Crippen molar-refractivity contribution in [3.63, 3.8) is 0 Å². The van der Waals surface area contributed by atoms with E-state index in [-0.39, 0.29) is 5.54 Å². The summed E-state index contributed by atoms with van der Waals surface area (Å²) < 4.78 is 1.76. The molecular weight excluding hydrogens is 220 g/mol. The molecule has 1 aromatic rings. The van der Waals surface area contributed by atoms with E-state index in [1.54, 1.807) is 30.9 Å². The maximum absolute atomic E-state index is 10.8. The van der Waals surface area contributed by atoms with Gasteiger partial charge >= 0.3 is 5.97 Å². The second-order valence-electron chi connectivity index (χ2n) is 5.81. The van der Waals surface area contributed by atoms with Crippen LogP contribution in [0.4, 0.5) is 0 Å². The van der Waals surface area contributed by atoms with E-state index in [0.717, 1.165) is 0 Å². The first-order valence-corrected chi connectivity index (χ1v) is 5.53. The third-order valence-electron chi connectivity index (χ3n) is 2.93. The van der Waals surface area contributed by atoms with Crippen molar-refractivity contribution in [2.24, 2.45) is 0 Å². The van der Waals surface area contributed by atoms with Crippen molar-refractivity contribution >= 4 is 5.97 Å². The fourth-order valence-corrected chi connectivity index (χ4v) is 1.49. The molecule has 0 aliphatic rings. The highest BCUT2D eigenvalue weighted by Gasteiger charge is 2.36. The first-order chi connectivity index (χ1) is 7.56. The van der Waals surface area contributed by atoms with Crippen LogP contribution in [0.1, 0.15) is 40.2 Å². The summed E-state index contributed by atoms with van der Waals surface area (Å²) in [6.07, 6.45) is 1.95. The molecule has 0 aliphatic heterocycles. The number of aliphatic hydroxyl groups excluding tert-OH is 1. The summed E-state index contributed by atoms with van der Waals surface area (Å²) in [6.45, 7) is 9.39. The highest BCUT2D eigenvalue weighted by Crippen LogP contribution is 2.28. The maximum Gasteiger partial charge on any atom is 0.333 e. The molecule has 0 spiro atoms. The predicted molar refractivity (Wildman–Crippen MR) is 63.9 cm³/mol. The Hall–Kier alpha value is -1.36. The summed E-state index contributed by atoms with van der Waals surface area (Å²) in [7, 11) is 0. The first-order valence-electron chi connectivity index (χ1n) is 5.53. The molecule has 0 fully saturated rings. The number of hydrogen-bond acceptors (Lipinski definition) is 3. The van der Waals surface area contributed by atoms with Crippen molar-refractivity contribution in [1.29, 1.82) is 0 Å². The number of carboxylic acids is 1. The summed E-state index contributed by atoms with van der Waals surface area (Å²) in [5, 5.41) is 22.8. The lowest BCUT2D eigenvalue weighted by Crippen LogP contribution is -2.39. The fourth-order valence-electron chi connectivity index (χ4n) is 1.49. The molecule has 1 unspecified atom stereocenters. The summed E-state index contributed by atoms with van der Waals surface area (Å²) in [6, 6.07) is 0. The molecule has 0 aromatic carbocycles. The highest BCUT2D eigenvalue weighted by molar-refractivity contribution is 5.74. The van der Waals surface area contributed by atoms with Gasteiger partial charge in [-0.3, -0.25) is 4.68 Å². The van der Waals surface area contributed by atoms with Gasteiger partial charge in [-0.05, 0) is 26.3 Å². The summed E-state index contributed by atoms with van der Waals surface area (Å²) in [4.78, 5) is 10.8. The number of carboxylic acid groups (broad SMARTS) is 1. The van der Waals surface area contributed by atoms with E-state index >= 15 is 0 Å². The van der Waals surface area contributed by atoms with E-state index in [1.165, 1.54) is 0 Å². The molecule has 0 bridgehead atoms. The van der Waals surface area contributed by atoms with Gasteiger partial charge in [0.15, 0.2) is 6.10 Å². The standard InChI is InChI=1S/C12H20N2O3/c1-11(2,3)14-7-8(6-13-14)12(4,5)9(15)10(16)17/h6-7,9,15H,1-5H3,(H,16,17). The van der Waals surface area contributed by atoms with Crippen molar-refractivity contribution in [3.05, 3.63) is 18.0 Å². The SMILES string of the molecule is CC(C)(c1cnn(C(C)(C)C)c1)C(O)C(=O)O. The molecule has 0 aliphatic carbocycles. The van der Waals surface area contributed by atoms with Gasteiger partial charge in [-0.2, -0.15) is 5.10 Å². The molecule has 5 nitrogen and oxygen atoms in total. The number of carbonyl (C=O) groups is 1. The summed E-state index contributed by atoms with van der Waals surface area (Å²) >= 11 is 0. The molecule has 5 heteroatoms. The molecule has 0 saturated carbocycles. The Bertz CT molecular complexity index is 416. The highest BCUT2D eigenvalue weighted by atomic mass is 16.4. The van der Waals surface area contributed by atoms with Crippen LogP contribution in [-0.2, 0) is 15.7 Å². The largest absolute Gasteiger partial charge is 0.479 e. The second-order valence-corrected chi connectivity index (χ2v) is 5.81. The van der Waals surface area contributed by atoms with Crippen LogP contribution in [0.5, 0.6) is 0 Å². The minimum absolute atomic E-state index is 0.164. The Balaban J connectivity index is 3.09. The lowest BCUT2D eigenvalue weighted by atomic mass is 9.81. The predicted octanol–water partition coefficient (Wildman–Crippen LogP) is 1.36. The Morgan fingerprint density at radius 1 is 1.35 bits per heavy atom. The Morgan fingerprint density at radius 3 is 2.24 bits per heavy atom. The van der Waals surface area contributed by atoms with E-state index in [2.05, 4.69) is 5.10 Å². The lowest BCUT2D eigenvalue weighted by Gasteiger charge is -2.26. The van der Waals surface area contributed by atoms with Crippen LogP contribution in [0.2, 0.25) is 0 Å². The molecule has 0 amide bonds. The quantitative estimate of drug-likeness (QED) is 0.836. The molecule has 17 heavy (non-hydrogen) atoms. The second kappa shape index (κ2) is 4.14. The van der Waals surface area contributed by atoms with Crippen LogP contribution in [-0.4, -0.2) is 32.1 Å². The monoisotopic (exact) mass is 240 g/mol. The van der Waals surface area contributed by atoms with Crippen LogP contribution in [0.3, 0.4) is 0 Å². The van der Waals surface area contributed by atoms with Gasteiger partial charge in [0.2, 0.25) is 0 Å². The van der Waals surface area contributed by atoms with Gasteiger partial charge in [-0.15, -0.1) is 0 Å². The average molecular weight is 240 g/mol. The third kappa shape index (κ3) is 2.66. The number of hydrogen-bond donors (Lipinski definition) is 2. The van der Waals surface area contributed by atoms with Crippen LogP contribution in [0, 0.1) is 0 Å². The molecule has 2 N–H and O–H groups in total. The molecule has 1 atom stereocenters. The third-order valence-corrected chi connectivity index (χ3v) is 2.93. The number of aliphatic hydroxyl groups is 1. The summed E-state index contributed by atoms with van der Waals surface area (Å²) in [5.41, 5.74) is -0.319. The van der Waals surface area contributed by atoms with Gasteiger partial charge in [-0.25, -0.2) is 4.79 Å². The molecule has 0 radical (unpaired) electrons. The number of nitrogens with zero attached hydrogens (tertiary/aromatic N) is 2. The van der Waals surface area contributed by atoms with Gasteiger partial charge in [-0.1, -0.05) is 13.8 Å². The lowest BCUT2D eigenvalue weighted by molar-refractivity contribution is -0.150. The fraction of sp³-hybridized carbons (Fsp3) is 0.667. The van der Waals surface area contributed by atoms with E-state index in [4.69, 9.17) is 5.11 Å². The Morgan fingerprint density at radius 2 is 1.88 bits per heavy atom. The Kier molecular flexibility index (Phi) is 3.34. The minimum atomic E-state index is -1.44. The zero-order chi connectivity index (χ0) is 13.4. The Labute approximate surface area is 101 Å². The molecule has 96 valence electrons. The van der Waals surface area contributed by atoms with Crippen LogP contribution in [0.25, 0.3) is 0 Å². The van der Waals surface area contributed by atoms with Crippen molar-refractivity contribution < 1.29 is 15.0 Å². The van der Waals surface area contributed by atoms with Crippen LogP contribution < -0.4 is 0 Å². The first kappa shape index (κ1) is 13.7. The zero-order valence-corrected chi connectivity index (χ0v) is 10.9. The molecular formula is C12H20N2O3. The van der Waals surface area contributed by atoms with E-state index in [0.29, 0.717) is 5.56 Å². The normalized spacial score (nSPS) is 14.7. The number of aromatic nitrogens is 2. The maximum atomic E-state index is 10.8. The van der Waals surface area contributed by atoms with Crippen molar-refractivity contribution in [2.45, 2.75) is 51.7 Å².